The van der Waals surface area contributed by atoms with Crippen LogP contribution in [-0.2, 0) is 9.59 Å². The number of rotatable bonds is 4. The summed E-state index contributed by atoms with van der Waals surface area (Å²) in [5.41, 5.74) is 0.695. The van der Waals surface area contributed by atoms with E-state index in [1.165, 1.54) is 37.0 Å². The van der Waals surface area contributed by atoms with Gasteiger partial charge in [0.05, 0.1) is 18.7 Å². The Morgan fingerprint density at radius 2 is 1.76 bits per heavy atom. The summed E-state index contributed by atoms with van der Waals surface area (Å²) in [6, 6.07) is 9.02. The van der Waals surface area contributed by atoms with E-state index in [1.54, 1.807) is 0 Å². The van der Waals surface area contributed by atoms with Gasteiger partial charge in [0.15, 0.2) is 6.04 Å². The highest BCUT2D eigenvalue weighted by atomic mass is 16.2. The Bertz CT molecular complexity index is 509. The van der Waals surface area contributed by atoms with Crippen molar-refractivity contribution in [1.29, 1.82) is 0 Å². The molecule has 0 unspecified atom stereocenters. The number of nitrogens with two attached hydrogens (primary N) is 1. The standard InChI is InChI=1S/C17H22N2O2/c20-16-11-15(18-12-13-7-3-1-4-8-13)17(21)19(16)14-9-5-2-6-10-14/h2,5-6,9-10,13,15,18H,1,3-4,7-8,11-12H2/p+1/t15-/m0/s1. The normalized spacial score (nSPS) is 23.8. The van der Waals surface area contributed by atoms with Crippen LogP contribution in [0, 0.1) is 5.92 Å². The van der Waals surface area contributed by atoms with Crippen molar-refractivity contribution in [3.63, 3.8) is 0 Å². The summed E-state index contributed by atoms with van der Waals surface area (Å²) in [7, 11) is 0. The zero-order chi connectivity index (χ0) is 14.7. The molecule has 4 nitrogen and oxygen atoms in total. The van der Waals surface area contributed by atoms with E-state index in [0.717, 1.165) is 6.54 Å². The molecule has 0 radical (unpaired) electrons. The molecule has 0 spiro atoms. The average Bonchev–Trinajstić information content (AvgIpc) is 2.81. The lowest BCUT2D eigenvalue weighted by molar-refractivity contribution is -0.680. The van der Waals surface area contributed by atoms with Gasteiger partial charge in [-0.15, -0.1) is 0 Å². The SMILES string of the molecule is O=C1C[C@H]([NH2+]CC2CCCCC2)C(=O)N1c1ccccc1. The Morgan fingerprint density at radius 1 is 1.05 bits per heavy atom. The van der Waals surface area contributed by atoms with Gasteiger partial charge in [-0.3, -0.25) is 9.59 Å². The van der Waals surface area contributed by atoms with Crippen molar-refractivity contribution in [2.45, 2.75) is 44.6 Å². The number of carbonyl (C=O) groups excluding carboxylic acids is 2. The second-order valence-electron chi connectivity index (χ2n) is 6.19. The molecular weight excluding hydrogens is 264 g/mol. The van der Waals surface area contributed by atoms with Crippen LogP contribution in [0.2, 0.25) is 0 Å². The number of nitrogens with zero attached hydrogens (tertiary/aromatic N) is 1. The molecule has 1 aromatic carbocycles. The minimum Gasteiger partial charge on any atom is -0.335 e. The monoisotopic (exact) mass is 287 g/mol. The van der Waals surface area contributed by atoms with Crippen LogP contribution in [0.4, 0.5) is 5.69 Å². The minimum absolute atomic E-state index is 0.0537. The fraction of sp³-hybridized carbons (Fsp3) is 0.529. The molecule has 1 atom stereocenters. The molecule has 112 valence electrons. The summed E-state index contributed by atoms with van der Waals surface area (Å²) in [5, 5.41) is 2.10. The first kappa shape index (κ1) is 14.3. The van der Waals surface area contributed by atoms with Crippen molar-refractivity contribution in [3.8, 4) is 0 Å². The lowest BCUT2D eigenvalue weighted by atomic mass is 9.89. The third-order valence-electron chi connectivity index (χ3n) is 4.67. The number of hydrogen-bond donors (Lipinski definition) is 1. The Morgan fingerprint density at radius 3 is 2.48 bits per heavy atom. The molecule has 0 bridgehead atoms. The maximum atomic E-state index is 12.5. The fourth-order valence-electron chi connectivity index (χ4n) is 3.47. The second kappa shape index (κ2) is 6.39. The zero-order valence-corrected chi connectivity index (χ0v) is 12.3. The fourth-order valence-corrected chi connectivity index (χ4v) is 3.47. The van der Waals surface area contributed by atoms with Crippen molar-refractivity contribution >= 4 is 17.5 Å². The van der Waals surface area contributed by atoms with Gasteiger partial charge in [-0.1, -0.05) is 37.5 Å². The predicted octanol–water partition coefficient (Wildman–Crippen LogP) is 1.46. The lowest BCUT2D eigenvalue weighted by Gasteiger charge is -2.21. The van der Waals surface area contributed by atoms with Crippen molar-refractivity contribution in [2.24, 2.45) is 5.92 Å². The summed E-state index contributed by atoms with van der Waals surface area (Å²) in [6.45, 7) is 0.978. The summed E-state index contributed by atoms with van der Waals surface area (Å²) in [6.07, 6.45) is 6.85. The molecule has 0 aromatic heterocycles. The molecule has 1 aromatic rings. The molecule has 2 amide bonds. The molecule has 4 heteroatoms. The summed E-state index contributed by atoms with van der Waals surface area (Å²) in [4.78, 5) is 25.9. The Labute approximate surface area is 125 Å². The highest BCUT2D eigenvalue weighted by Gasteiger charge is 2.42. The Balaban J connectivity index is 1.61. The molecule has 1 saturated carbocycles. The van der Waals surface area contributed by atoms with Gasteiger partial charge in [-0.25, -0.2) is 4.90 Å². The molecule has 1 aliphatic carbocycles. The van der Waals surface area contributed by atoms with Crippen molar-refractivity contribution < 1.29 is 14.9 Å². The first-order valence-electron chi connectivity index (χ1n) is 8.01. The highest BCUT2D eigenvalue weighted by molar-refractivity contribution is 6.21. The molecular formula is C17H23N2O2+. The lowest BCUT2D eigenvalue weighted by Crippen LogP contribution is -2.92. The number of quaternary nitrogens is 1. The molecule has 3 rings (SSSR count). The van der Waals surface area contributed by atoms with E-state index >= 15 is 0 Å². The Hall–Kier alpha value is -1.68. The number of carbonyl (C=O) groups is 2. The number of anilines is 1. The predicted molar refractivity (Wildman–Crippen MR) is 80.7 cm³/mol. The number of hydrogen-bond acceptors (Lipinski definition) is 2. The van der Waals surface area contributed by atoms with Crippen LogP contribution < -0.4 is 10.2 Å². The van der Waals surface area contributed by atoms with Gasteiger partial charge in [-0.05, 0) is 25.0 Å². The first-order chi connectivity index (χ1) is 10.3. The molecule has 1 heterocycles. The average molecular weight is 287 g/mol. The quantitative estimate of drug-likeness (QED) is 0.853. The van der Waals surface area contributed by atoms with E-state index in [0.29, 0.717) is 18.0 Å². The maximum absolute atomic E-state index is 12.5. The van der Waals surface area contributed by atoms with E-state index in [4.69, 9.17) is 0 Å². The minimum atomic E-state index is -0.223. The van der Waals surface area contributed by atoms with Crippen LogP contribution in [0.25, 0.3) is 0 Å². The van der Waals surface area contributed by atoms with Gasteiger partial charge in [0.1, 0.15) is 0 Å². The third-order valence-corrected chi connectivity index (χ3v) is 4.67. The largest absolute Gasteiger partial charge is 0.335 e. The number of amides is 2. The molecule has 2 aliphatic rings. The van der Waals surface area contributed by atoms with Gasteiger partial charge >= 0.3 is 0 Å². The highest BCUT2D eigenvalue weighted by Crippen LogP contribution is 2.23. The van der Waals surface area contributed by atoms with Crippen molar-refractivity contribution in [1.82, 2.24) is 0 Å². The van der Waals surface area contributed by atoms with Crippen LogP contribution in [0.1, 0.15) is 38.5 Å². The van der Waals surface area contributed by atoms with Crippen LogP contribution in [0.15, 0.2) is 30.3 Å². The van der Waals surface area contributed by atoms with Gasteiger partial charge in [0, 0.05) is 5.92 Å². The number of benzene rings is 1. The van der Waals surface area contributed by atoms with E-state index in [-0.39, 0.29) is 17.9 Å². The topological polar surface area (TPSA) is 54.0 Å². The Kier molecular flexibility index (Phi) is 4.34. The van der Waals surface area contributed by atoms with Gasteiger partial charge in [0.2, 0.25) is 5.91 Å². The van der Waals surface area contributed by atoms with Crippen LogP contribution in [0.5, 0.6) is 0 Å². The molecule has 2 fully saturated rings. The summed E-state index contributed by atoms with van der Waals surface area (Å²) >= 11 is 0. The van der Waals surface area contributed by atoms with E-state index in [2.05, 4.69) is 5.32 Å². The first-order valence-corrected chi connectivity index (χ1v) is 8.01. The van der Waals surface area contributed by atoms with Gasteiger partial charge < -0.3 is 5.32 Å². The van der Waals surface area contributed by atoms with E-state index in [1.807, 2.05) is 30.3 Å². The van der Waals surface area contributed by atoms with Gasteiger partial charge in [0.25, 0.3) is 5.91 Å². The summed E-state index contributed by atoms with van der Waals surface area (Å²) in [5.74, 6) is 0.588. The molecule has 21 heavy (non-hydrogen) atoms. The van der Waals surface area contributed by atoms with Gasteiger partial charge in [-0.2, -0.15) is 0 Å². The second-order valence-corrected chi connectivity index (χ2v) is 6.19. The van der Waals surface area contributed by atoms with Crippen molar-refractivity contribution in [2.75, 3.05) is 11.4 Å². The maximum Gasteiger partial charge on any atom is 0.292 e. The van der Waals surface area contributed by atoms with Crippen LogP contribution >= 0.6 is 0 Å². The van der Waals surface area contributed by atoms with Crippen LogP contribution in [-0.4, -0.2) is 24.4 Å². The number of para-hydroxylation sites is 1. The van der Waals surface area contributed by atoms with E-state index in [9.17, 15) is 9.59 Å². The number of imide groups is 1. The molecule has 1 saturated heterocycles. The molecule has 1 aliphatic heterocycles. The zero-order valence-electron chi connectivity index (χ0n) is 12.3. The molecule has 2 N–H and O–H groups in total. The van der Waals surface area contributed by atoms with Crippen LogP contribution in [0.3, 0.4) is 0 Å². The van der Waals surface area contributed by atoms with E-state index < -0.39 is 0 Å². The third kappa shape index (κ3) is 3.16. The smallest absolute Gasteiger partial charge is 0.292 e. The van der Waals surface area contributed by atoms with Crippen molar-refractivity contribution in [3.05, 3.63) is 30.3 Å². The summed E-state index contributed by atoms with van der Waals surface area (Å²) < 4.78 is 0.